The molecule has 0 aliphatic carbocycles. The highest BCUT2D eigenvalue weighted by atomic mass is 32.2. The topological polar surface area (TPSA) is 81.1 Å². The molecule has 1 aromatic carbocycles. The van der Waals surface area contributed by atoms with Crippen LogP contribution in [0.2, 0.25) is 0 Å². The van der Waals surface area contributed by atoms with Gasteiger partial charge in [-0.2, -0.15) is 5.10 Å². The zero-order valence-corrected chi connectivity index (χ0v) is 11.6. The van der Waals surface area contributed by atoms with Gasteiger partial charge in [-0.1, -0.05) is 18.2 Å². The van der Waals surface area contributed by atoms with Crippen molar-refractivity contribution in [2.45, 2.75) is 18.4 Å². The molecule has 1 aliphatic rings. The Morgan fingerprint density at radius 2 is 1.95 bits per heavy atom. The third-order valence-electron chi connectivity index (χ3n) is 3.08. The summed E-state index contributed by atoms with van der Waals surface area (Å²) in [7, 11) is -3.15. The number of anilines is 1. The van der Waals surface area contributed by atoms with Crippen LogP contribution >= 0.6 is 0 Å². The molecule has 0 spiro atoms. The van der Waals surface area contributed by atoms with Gasteiger partial charge in [0.15, 0.2) is 9.84 Å². The van der Waals surface area contributed by atoms with Crippen molar-refractivity contribution in [3.63, 3.8) is 0 Å². The van der Waals surface area contributed by atoms with E-state index in [9.17, 15) is 13.2 Å². The van der Waals surface area contributed by atoms with Crippen molar-refractivity contribution in [2.75, 3.05) is 5.32 Å². The minimum Gasteiger partial charge on any atom is -0.311 e. The van der Waals surface area contributed by atoms with Crippen molar-refractivity contribution in [3.8, 4) is 5.69 Å². The number of benzene rings is 1. The third-order valence-corrected chi connectivity index (χ3v) is 4.52. The molecular weight excluding hydrogens is 278 g/mol. The number of para-hydroxylation sites is 1. The smallest absolute Gasteiger partial charge is 0.222 e. The molecule has 1 aromatic heterocycles. The van der Waals surface area contributed by atoms with Crippen LogP contribution in [0.1, 0.15) is 18.2 Å². The summed E-state index contributed by atoms with van der Waals surface area (Å²) in [5.41, 5.74) is 1.88. The lowest BCUT2D eigenvalue weighted by atomic mass is 10.2. The first-order valence-electron chi connectivity index (χ1n) is 6.10. The molecule has 1 N–H and O–H groups in total. The average Bonchev–Trinajstić information content (AvgIpc) is 2.84. The normalized spacial score (nSPS) is 15.8. The molecule has 1 amide bonds. The number of aromatic nitrogens is 2. The van der Waals surface area contributed by atoms with Gasteiger partial charge >= 0.3 is 0 Å². The number of nitrogens with one attached hydrogen (secondary N) is 1. The standard InChI is InChI=1S/C13H13N3O3S/c1-9(17)14-13-11-7-20(18,19)8-12(11)15-16(13)10-5-3-2-4-6-10/h2-6H,7-8H2,1H3,(H,14,17). The third kappa shape index (κ3) is 2.20. The van der Waals surface area contributed by atoms with E-state index in [1.165, 1.54) is 6.92 Å². The molecule has 3 rings (SSSR count). The van der Waals surface area contributed by atoms with E-state index in [4.69, 9.17) is 0 Å². The van der Waals surface area contributed by atoms with Crippen LogP contribution in [0.5, 0.6) is 0 Å². The first-order chi connectivity index (χ1) is 9.46. The van der Waals surface area contributed by atoms with Gasteiger partial charge in [-0.15, -0.1) is 0 Å². The molecule has 0 saturated carbocycles. The van der Waals surface area contributed by atoms with Crippen LogP contribution in [0.25, 0.3) is 5.69 Å². The second-order valence-electron chi connectivity index (χ2n) is 4.73. The fraction of sp³-hybridized carbons (Fsp3) is 0.231. The molecule has 7 heteroatoms. The first-order valence-corrected chi connectivity index (χ1v) is 7.92. The van der Waals surface area contributed by atoms with Gasteiger partial charge in [-0.3, -0.25) is 4.79 Å². The summed E-state index contributed by atoms with van der Waals surface area (Å²) in [5, 5.41) is 7.02. The van der Waals surface area contributed by atoms with Gasteiger partial charge in [0, 0.05) is 12.5 Å². The number of carbonyl (C=O) groups is 1. The molecule has 2 aromatic rings. The van der Waals surface area contributed by atoms with Crippen LogP contribution in [-0.2, 0) is 26.1 Å². The number of amides is 1. The molecule has 104 valence electrons. The Balaban J connectivity index is 2.15. The number of carbonyl (C=O) groups excluding carboxylic acids is 1. The van der Waals surface area contributed by atoms with Gasteiger partial charge in [0.1, 0.15) is 5.82 Å². The number of fused-ring (bicyclic) bond motifs is 1. The summed E-state index contributed by atoms with van der Waals surface area (Å²) >= 11 is 0. The van der Waals surface area contributed by atoms with Crippen LogP contribution in [0, 0.1) is 0 Å². The minimum atomic E-state index is -3.15. The zero-order valence-electron chi connectivity index (χ0n) is 10.8. The van der Waals surface area contributed by atoms with Gasteiger partial charge < -0.3 is 5.32 Å². The lowest BCUT2D eigenvalue weighted by Crippen LogP contribution is -2.13. The Morgan fingerprint density at radius 1 is 1.25 bits per heavy atom. The molecule has 0 saturated heterocycles. The fourth-order valence-electron chi connectivity index (χ4n) is 2.29. The summed E-state index contributed by atoms with van der Waals surface area (Å²) < 4.78 is 24.9. The highest BCUT2D eigenvalue weighted by molar-refractivity contribution is 7.90. The fourth-order valence-corrected chi connectivity index (χ4v) is 3.79. The number of nitrogens with zero attached hydrogens (tertiary/aromatic N) is 2. The Kier molecular flexibility index (Phi) is 2.86. The quantitative estimate of drug-likeness (QED) is 0.903. The van der Waals surface area contributed by atoms with E-state index in [2.05, 4.69) is 10.4 Å². The molecule has 0 radical (unpaired) electrons. The number of hydrogen-bond acceptors (Lipinski definition) is 4. The highest BCUT2D eigenvalue weighted by Gasteiger charge is 2.32. The van der Waals surface area contributed by atoms with Gasteiger partial charge in [-0.05, 0) is 12.1 Å². The van der Waals surface area contributed by atoms with Crippen LogP contribution in [0.15, 0.2) is 30.3 Å². The molecule has 0 fully saturated rings. The van der Waals surface area contributed by atoms with Crippen molar-refractivity contribution in [2.24, 2.45) is 0 Å². The molecule has 0 atom stereocenters. The number of hydrogen-bond donors (Lipinski definition) is 1. The molecule has 0 unspecified atom stereocenters. The predicted molar refractivity (Wildman–Crippen MR) is 74.2 cm³/mol. The average molecular weight is 291 g/mol. The Bertz CT molecular complexity index is 779. The molecule has 6 nitrogen and oxygen atoms in total. The summed E-state index contributed by atoms with van der Waals surface area (Å²) in [6.45, 7) is 1.39. The van der Waals surface area contributed by atoms with E-state index in [1.807, 2.05) is 30.3 Å². The van der Waals surface area contributed by atoms with Crippen LogP contribution in [-0.4, -0.2) is 24.1 Å². The maximum absolute atomic E-state index is 11.7. The van der Waals surface area contributed by atoms with Gasteiger partial charge in [-0.25, -0.2) is 13.1 Å². The van der Waals surface area contributed by atoms with Crippen LogP contribution < -0.4 is 5.32 Å². The summed E-state index contributed by atoms with van der Waals surface area (Å²) in [5.74, 6) is 0.0356. The predicted octanol–water partition coefficient (Wildman–Crippen LogP) is 1.26. The molecular formula is C13H13N3O3S. The van der Waals surface area contributed by atoms with E-state index < -0.39 is 9.84 Å². The van der Waals surface area contributed by atoms with Crippen LogP contribution in [0.3, 0.4) is 0 Å². The molecule has 20 heavy (non-hydrogen) atoms. The first kappa shape index (κ1) is 12.9. The lowest BCUT2D eigenvalue weighted by molar-refractivity contribution is -0.114. The summed E-state index contributed by atoms with van der Waals surface area (Å²) in [6, 6.07) is 9.29. The number of sulfone groups is 1. The van der Waals surface area contributed by atoms with Gasteiger partial charge in [0.25, 0.3) is 0 Å². The Labute approximate surface area is 116 Å². The second-order valence-corrected chi connectivity index (χ2v) is 6.80. The zero-order chi connectivity index (χ0) is 14.3. The summed E-state index contributed by atoms with van der Waals surface area (Å²) in [4.78, 5) is 11.4. The monoisotopic (exact) mass is 291 g/mol. The molecule has 2 heterocycles. The van der Waals surface area contributed by atoms with E-state index in [0.29, 0.717) is 17.1 Å². The van der Waals surface area contributed by atoms with E-state index in [-0.39, 0.29) is 17.4 Å². The van der Waals surface area contributed by atoms with Gasteiger partial charge in [0.05, 0.1) is 22.9 Å². The van der Waals surface area contributed by atoms with E-state index in [1.54, 1.807) is 4.68 Å². The van der Waals surface area contributed by atoms with Crippen molar-refractivity contribution < 1.29 is 13.2 Å². The van der Waals surface area contributed by atoms with E-state index in [0.717, 1.165) is 5.69 Å². The SMILES string of the molecule is CC(=O)Nc1c2c(nn1-c1ccccc1)CS(=O)(=O)C2. The van der Waals surface area contributed by atoms with Crippen molar-refractivity contribution >= 4 is 21.6 Å². The van der Waals surface area contributed by atoms with Crippen molar-refractivity contribution in [1.29, 1.82) is 0 Å². The second kappa shape index (κ2) is 4.45. The maximum Gasteiger partial charge on any atom is 0.222 e. The summed E-state index contributed by atoms with van der Waals surface area (Å²) in [6.07, 6.45) is 0. The lowest BCUT2D eigenvalue weighted by Gasteiger charge is -2.09. The molecule has 1 aliphatic heterocycles. The number of rotatable bonds is 2. The Morgan fingerprint density at radius 3 is 2.60 bits per heavy atom. The maximum atomic E-state index is 11.7. The highest BCUT2D eigenvalue weighted by Crippen LogP contribution is 2.32. The van der Waals surface area contributed by atoms with Crippen molar-refractivity contribution in [3.05, 3.63) is 41.6 Å². The van der Waals surface area contributed by atoms with E-state index >= 15 is 0 Å². The Hall–Kier alpha value is -2.15. The van der Waals surface area contributed by atoms with Crippen molar-refractivity contribution in [1.82, 2.24) is 9.78 Å². The largest absolute Gasteiger partial charge is 0.311 e. The molecule has 0 bridgehead atoms. The van der Waals surface area contributed by atoms with Crippen LogP contribution in [0.4, 0.5) is 5.82 Å². The van der Waals surface area contributed by atoms with Gasteiger partial charge in [0.2, 0.25) is 5.91 Å². The minimum absolute atomic E-state index is 0.0747.